The van der Waals surface area contributed by atoms with Gasteiger partial charge in [-0.25, -0.2) is 9.97 Å². The van der Waals surface area contributed by atoms with E-state index in [-0.39, 0.29) is 5.91 Å². The number of hydrogen-bond donors (Lipinski definition) is 1. The number of ether oxygens (including phenoxy) is 1. The first-order valence-corrected chi connectivity index (χ1v) is 8.64. The van der Waals surface area contributed by atoms with E-state index in [1.54, 1.807) is 19.5 Å². The summed E-state index contributed by atoms with van der Waals surface area (Å²) in [7, 11) is 1.65. The maximum Gasteiger partial charge on any atom is 0.257 e. The van der Waals surface area contributed by atoms with Crippen LogP contribution in [0.15, 0.2) is 36.7 Å². The fourth-order valence-electron chi connectivity index (χ4n) is 3.11. The molecule has 1 aliphatic rings. The van der Waals surface area contributed by atoms with E-state index in [1.807, 2.05) is 29.2 Å². The smallest absolute Gasteiger partial charge is 0.257 e. The molecule has 0 saturated carbocycles. The second kappa shape index (κ2) is 7.96. The topological polar surface area (TPSA) is 67.3 Å². The molecular formula is C19H24N4O2. The minimum atomic E-state index is 0.0165. The van der Waals surface area contributed by atoms with Gasteiger partial charge in [-0.1, -0.05) is 25.1 Å². The number of carbonyl (C=O) groups excluding carboxylic acids is 1. The average Bonchev–Trinajstić information content (AvgIpc) is 2.66. The van der Waals surface area contributed by atoms with E-state index in [9.17, 15) is 4.79 Å². The van der Waals surface area contributed by atoms with E-state index in [1.165, 1.54) is 6.42 Å². The summed E-state index contributed by atoms with van der Waals surface area (Å²) in [5, 5.41) is 3.16. The highest BCUT2D eigenvalue weighted by atomic mass is 16.5. The van der Waals surface area contributed by atoms with Crippen LogP contribution in [0.4, 0.5) is 5.95 Å². The molecule has 1 atom stereocenters. The Hall–Kier alpha value is -2.63. The molecule has 1 aliphatic heterocycles. The fraction of sp³-hybridized carbons (Fsp3) is 0.421. The van der Waals surface area contributed by atoms with Crippen LogP contribution in [0, 0.1) is 5.92 Å². The van der Waals surface area contributed by atoms with Gasteiger partial charge < -0.3 is 15.0 Å². The van der Waals surface area contributed by atoms with Gasteiger partial charge in [0.25, 0.3) is 5.91 Å². The van der Waals surface area contributed by atoms with Crippen molar-refractivity contribution in [3.05, 3.63) is 47.8 Å². The summed E-state index contributed by atoms with van der Waals surface area (Å²) in [5.74, 6) is 1.89. The molecule has 0 radical (unpaired) electrons. The molecule has 1 aromatic heterocycles. The maximum absolute atomic E-state index is 12.5. The first-order chi connectivity index (χ1) is 12.2. The van der Waals surface area contributed by atoms with Crippen molar-refractivity contribution in [2.45, 2.75) is 26.3 Å². The number of rotatable bonds is 5. The van der Waals surface area contributed by atoms with Crippen molar-refractivity contribution in [2.24, 2.45) is 5.92 Å². The normalized spacial score (nSPS) is 17.2. The third-order valence-electron chi connectivity index (χ3n) is 4.47. The molecule has 2 heterocycles. The van der Waals surface area contributed by atoms with Crippen molar-refractivity contribution < 1.29 is 9.53 Å². The Balaban J connectivity index is 1.61. The Kier molecular flexibility index (Phi) is 5.48. The van der Waals surface area contributed by atoms with E-state index in [0.29, 0.717) is 24.0 Å². The highest BCUT2D eigenvalue weighted by Crippen LogP contribution is 2.19. The monoisotopic (exact) mass is 340 g/mol. The van der Waals surface area contributed by atoms with Gasteiger partial charge in [0.2, 0.25) is 5.95 Å². The van der Waals surface area contributed by atoms with Gasteiger partial charge in [0, 0.05) is 37.6 Å². The number of para-hydroxylation sites is 1. The third-order valence-corrected chi connectivity index (χ3v) is 4.47. The Labute approximate surface area is 148 Å². The Morgan fingerprint density at radius 2 is 2.08 bits per heavy atom. The molecule has 0 spiro atoms. The lowest BCUT2D eigenvalue weighted by Crippen LogP contribution is -2.39. The standard InChI is InChI=1S/C19H24N4O2/c1-14-6-5-9-23(13-14)18(24)16-11-21-19(22-12-16)20-10-15-7-3-4-8-17(15)25-2/h3-4,7-8,11-12,14H,5-6,9-10,13H2,1-2H3,(H,20,21,22). The predicted octanol–water partition coefficient (Wildman–Crippen LogP) is 2.97. The second-order valence-electron chi connectivity index (χ2n) is 6.46. The molecular weight excluding hydrogens is 316 g/mol. The quantitative estimate of drug-likeness (QED) is 0.906. The van der Waals surface area contributed by atoms with Crippen LogP contribution < -0.4 is 10.1 Å². The minimum Gasteiger partial charge on any atom is -0.496 e. The van der Waals surface area contributed by atoms with Gasteiger partial charge >= 0.3 is 0 Å². The highest BCUT2D eigenvalue weighted by molar-refractivity contribution is 5.93. The van der Waals surface area contributed by atoms with Gasteiger partial charge in [0.1, 0.15) is 5.75 Å². The molecule has 6 nitrogen and oxygen atoms in total. The average molecular weight is 340 g/mol. The van der Waals surface area contributed by atoms with Crippen LogP contribution in [0.25, 0.3) is 0 Å². The summed E-state index contributed by atoms with van der Waals surface area (Å²) < 4.78 is 5.33. The fourth-order valence-corrected chi connectivity index (χ4v) is 3.11. The molecule has 1 amide bonds. The molecule has 1 unspecified atom stereocenters. The van der Waals surface area contributed by atoms with Crippen LogP contribution >= 0.6 is 0 Å². The third kappa shape index (κ3) is 4.26. The summed E-state index contributed by atoms with van der Waals surface area (Å²) in [6.45, 7) is 4.37. The van der Waals surface area contributed by atoms with Crippen molar-refractivity contribution in [1.82, 2.24) is 14.9 Å². The van der Waals surface area contributed by atoms with E-state index in [2.05, 4.69) is 22.2 Å². The Morgan fingerprint density at radius 1 is 1.32 bits per heavy atom. The number of aromatic nitrogens is 2. The molecule has 1 saturated heterocycles. The molecule has 25 heavy (non-hydrogen) atoms. The zero-order valence-electron chi connectivity index (χ0n) is 14.7. The van der Waals surface area contributed by atoms with E-state index < -0.39 is 0 Å². The minimum absolute atomic E-state index is 0.0165. The van der Waals surface area contributed by atoms with Crippen LogP contribution in [0.1, 0.15) is 35.7 Å². The van der Waals surface area contributed by atoms with Gasteiger partial charge in [-0.05, 0) is 24.8 Å². The number of amides is 1. The summed E-state index contributed by atoms with van der Waals surface area (Å²) in [6, 6.07) is 7.79. The van der Waals surface area contributed by atoms with E-state index in [0.717, 1.165) is 30.8 Å². The zero-order valence-corrected chi connectivity index (χ0v) is 14.7. The van der Waals surface area contributed by atoms with E-state index in [4.69, 9.17) is 4.74 Å². The van der Waals surface area contributed by atoms with Gasteiger partial charge in [-0.15, -0.1) is 0 Å². The summed E-state index contributed by atoms with van der Waals surface area (Å²) in [4.78, 5) is 23.0. The van der Waals surface area contributed by atoms with Crippen molar-refractivity contribution >= 4 is 11.9 Å². The number of benzene rings is 1. The number of likely N-dealkylation sites (tertiary alicyclic amines) is 1. The molecule has 1 N–H and O–H groups in total. The van der Waals surface area contributed by atoms with Crippen LogP contribution in [0.5, 0.6) is 5.75 Å². The first kappa shape index (κ1) is 17.2. The van der Waals surface area contributed by atoms with Gasteiger partial charge in [-0.3, -0.25) is 4.79 Å². The number of carbonyl (C=O) groups is 1. The van der Waals surface area contributed by atoms with Crippen molar-refractivity contribution in [2.75, 3.05) is 25.5 Å². The Bertz CT molecular complexity index is 718. The maximum atomic E-state index is 12.5. The summed E-state index contributed by atoms with van der Waals surface area (Å²) in [6.07, 6.45) is 5.44. The number of methoxy groups -OCH3 is 1. The predicted molar refractivity (Wildman–Crippen MR) is 96.7 cm³/mol. The van der Waals surface area contributed by atoms with Gasteiger partial charge in [-0.2, -0.15) is 0 Å². The molecule has 0 bridgehead atoms. The zero-order chi connectivity index (χ0) is 17.6. The number of piperidine rings is 1. The molecule has 1 fully saturated rings. The first-order valence-electron chi connectivity index (χ1n) is 8.64. The summed E-state index contributed by atoms with van der Waals surface area (Å²) in [5.41, 5.74) is 1.56. The molecule has 1 aromatic carbocycles. The number of hydrogen-bond acceptors (Lipinski definition) is 5. The largest absolute Gasteiger partial charge is 0.496 e. The lowest BCUT2D eigenvalue weighted by molar-refractivity contribution is 0.0682. The second-order valence-corrected chi connectivity index (χ2v) is 6.46. The molecule has 132 valence electrons. The van der Waals surface area contributed by atoms with Gasteiger partial charge in [0.15, 0.2) is 0 Å². The van der Waals surface area contributed by atoms with Crippen molar-refractivity contribution in [3.63, 3.8) is 0 Å². The Morgan fingerprint density at radius 3 is 2.80 bits per heavy atom. The van der Waals surface area contributed by atoms with Crippen molar-refractivity contribution in [1.29, 1.82) is 0 Å². The summed E-state index contributed by atoms with van der Waals surface area (Å²) >= 11 is 0. The lowest BCUT2D eigenvalue weighted by Gasteiger charge is -2.30. The number of anilines is 1. The van der Waals surface area contributed by atoms with E-state index >= 15 is 0 Å². The highest BCUT2D eigenvalue weighted by Gasteiger charge is 2.22. The van der Waals surface area contributed by atoms with Crippen LogP contribution in [0.3, 0.4) is 0 Å². The molecule has 6 heteroatoms. The lowest BCUT2D eigenvalue weighted by atomic mass is 10.00. The number of nitrogens with zero attached hydrogens (tertiary/aromatic N) is 3. The molecule has 0 aliphatic carbocycles. The van der Waals surface area contributed by atoms with Crippen molar-refractivity contribution in [3.8, 4) is 5.75 Å². The van der Waals surface area contributed by atoms with Gasteiger partial charge in [0.05, 0.1) is 12.7 Å². The van der Waals surface area contributed by atoms with Crippen LogP contribution in [-0.4, -0.2) is 41.0 Å². The van der Waals surface area contributed by atoms with Crippen LogP contribution in [-0.2, 0) is 6.54 Å². The SMILES string of the molecule is COc1ccccc1CNc1ncc(C(=O)N2CCCC(C)C2)cn1. The molecule has 3 rings (SSSR count). The van der Waals surface area contributed by atoms with Crippen LogP contribution in [0.2, 0.25) is 0 Å². The number of nitrogens with one attached hydrogen (secondary N) is 1. The molecule has 2 aromatic rings.